The maximum Gasteiger partial charge on any atom is 0.192 e. The van der Waals surface area contributed by atoms with Crippen LogP contribution < -0.4 is 5.32 Å². The molecule has 0 fully saturated rings. The minimum absolute atomic E-state index is 0.103. The summed E-state index contributed by atoms with van der Waals surface area (Å²) in [5.41, 5.74) is 3.66. The Kier molecular flexibility index (Phi) is 5.01. The van der Waals surface area contributed by atoms with Gasteiger partial charge in [0.1, 0.15) is 0 Å². The summed E-state index contributed by atoms with van der Waals surface area (Å²) >= 11 is 1.63. The number of nitrogens with zero attached hydrogens (tertiary/aromatic N) is 2. The van der Waals surface area contributed by atoms with Gasteiger partial charge < -0.3 is 5.32 Å². The van der Waals surface area contributed by atoms with Gasteiger partial charge in [0.25, 0.3) is 0 Å². The van der Waals surface area contributed by atoms with E-state index in [4.69, 9.17) is 0 Å². The largest absolute Gasteiger partial charge is 0.308 e. The van der Waals surface area contributed by atoms with Crippen molar-refractivity contribution in [1.29, 1.82) is 0 Å². The van der Waals surface area contributed by atoms with Crippen molar-refractivity contribution >= 4 is 11.8 Å². The molecule has 1 aromatic heterocycles. The van der Waals surface area contributed by atoms with Gasteiger partial charge in [-0.25, -0.2) is 9.97 Å². The standard InChI is InChI=1S/C17H23N3S/c1-12-6-7-15(14(10-12)11-19-17(3,4)5)21-16-18-9-8-13(2)20-16/h6-10,19H,11H2,1-5H3. The molecule has 2 rings (SSSR count). The number of benzene rings is 1. The molecule has 0 aliphatic carbocycles. The van der Waals surface area contributed by atoms with Gasteiger partial charge in [-0.05, 0) is 64.1 Å². The van der Waals surface area contributed by atoms with E-state index in [2.05, 4.69) is 61.2 Å². The smallest absolute Gasteiger partial charge is 0.192 e. The molecular weight excluding hydrogens is 278 g/mol. The van der Waals surface area contributed by atoms with Crippen LogP contribution in [0.1, 0.15) is 37.6 Å². The first-order valence-electron chi connectivity index (χ1n) is 7.15. The Morgan fingerprint density at radius 3 is 2.57 bits per heavy atom. The van der Waals surface area contributed by atoms with E-state index in [1.807, 2.05) is 19.2 Å². The van der Waals surface area contributed by atoms with E-state index in [1.54, 1.807) is 11.8 Å². The second-order valence-electron chi connectivity index (χ2n) is 6.30. The molecule has 0 radical (unpaired) electrons. The van der Waals surface area contributed by atoms with E-state index >= 15 is 0 Å². The summed E-state index contributed by atoms with van der Waals surface area (Å²) in [5.74, 6) is 0. The Hall–Kier alpha value is -1.39. The van der Waals surface area contributed by atoms with Crippen LogP contribution in [0.3, 0.4) is 0 Å². The van der Waals surface area contributed by atoms with Crippen molar-refractivity contribution in [2.45, 2.75) is 56.8 Å². The molecule has 0 unspecified atom stereocenters. The molecule has 0 aliphatic heterocycles. The molecule has 0 atom stereocenters. The zero-order valence-electron chi connectivity index (χ0n) is 13.4. The van der Waals surface area contributed by atoms with E-state index in [9.17, 15) is 0 Å². The van der Waals surface area contributed by atoms with E-state index < -0.39 is 0 Å². The molecule has 2 aromatic rings. The van der Waals surface area contributed by atoms with Gasteiger partial charge in [0, 0.05) is 28.9 Å². The molecule has 4 heteroatoms. The second-order valence-corrected chi connectivity index (χ2v) is 7.31. The normalized spacial score (nSPS) is 11.7. The monoisotopic (exact) mass is 301 g/mol. The Bertz CT molecular complexity index is 618. The molecule has 0 saturated heterocycles. The highest BCUT2D eigenvalue weighted by Crippen LogP contribution is 2.29. The fourth-order valence-corrected chi connectivity index (χ4v) is 2.78. The van der Waals surface area contributed by atoms with Gasteiger partial charge in [0.2, 0.25) is 0 Å². The van der Waals surface area contributed by atoms with Crippen LogP contribution in [-0.2, 0) is 6.54 Å². The highest BCUT2D eigenvalue weighted by atomic mass is 32.2. The highest BCUT2D eigenvalue weighted by molar-refractivity contribution is 7.99. The quantitative estimate of drug-likeness (QED) is 0.862. The summed E-state index contributed by atoms with van der Waals surface area (Å²) < 4.78 is 0. The lowest BCUT2D eigenvalue weighted by Crippen LogP contribution is -2.35. The van der Waals surface area contributed by atoms with Crippen LogP contribution in [0.2, 0.25) is 0 Å². The van der Waals surface area contributed by atoms with Crippen LogP contribution in [-0.4, -0.2) is 15.5 Å². The van der Waals surface area contributed by atoms with Crippen molar-refractivity contribution in [3.05, 3.63) is 47.3 Å². The minimum atomic E-state index is 0.103. The highest BCUT2D eigenvalue weighted by Gasteiger charge is 2.12. The molecule has 0 amide bonds. The van der Waals surface area contributed by atoms with Crippen LogP contribution in [0, 0.1) is 13.8 Å². The topological polar surface area (TPSA) is 37.8 Å². The van der Waals surface area contributed by atoms with E-state index in [0.717, 1.165) is 17.4 Å². The van der Waals surface area contributed by atoms with Gasteiger partial charge in [-0.3, -0.25) is 0 Å². The van der Waals surface area contributed by atoms with Crippen LogP contribution in [0.5, 0.6) is 0 Å². The van der Waals surface area contributed by atoms with Crippen molar-refractivity contribution in [2.75, 3.05) is 0 Å². The van der Waals surface area contributed by atoms with Gasteiger partial charge in [-0.1, -0.05) is 17.7 Å². The number of rotatable bonds is 4. The lowest BCUT2D eigenvalue weighted by atomic mass is 10.1. The van der Waals surface area contributed by atoms with Gasteiger partial charge in [0.05, 0.1) is 0 Å². The number of hydrogen-bond donors (Lipinski definition) is 1. The minimum Gasteiger partial charge on any atom is -0.308 e. The lowest BCUT2D eigenvalue weighted by Gasteiger charge is -2.21. The summed E-state index contributed by atoms with van der Waals surface area (Å²) in [5, 5.41) is 4.35. The molecule has 0 aliphatic rings. The average molecular weight is 301 g/mol. The van der Waals surface area contributed by atoms with Crippen molar-refractivity contribution in [3.63, 3.8) is 0 Å². The van der Waals surface area contributed by atoms with Crippen molar-refractivity contribution in [2.24, 2.45) is 0 Å². The number of aromatic nitrogens is 2. The first-order valence-corrected chi connectivity index (χ1v) is 7.97. The zero-order valence-corrected chi connectivity index (χ0v) is 14.2. The summed E-state index contributed by atoms with van der Waals surface area (Å²) in [6.07, 6.45) is 1.81. The van der Waals surface area contributed by atoms with Gasteiger partial charge in [-0.15, -0.1) is 0 Å². The van der Waals surface area contributed by atoms with Crippen molar-refractivity contribution < 1.29 is 0 Å². The average Bonchev–Trinajstić information content (AvgIpc) is 2.38. The molecule has 112 valence electrons. The number of hydrogen-bond acceptors (Lipinski definition) is 4. The van der Waals surface area contributed by atoms with Crippen LogP contribution >= 0.6 is 11.8 Å². The van der Waals surface area contributed by atoms with Gasteiger partial charge >= 0.3 is 0 Å². The van der Waals surface area contributed by atoms with Crippen LogP contribution in [0.25, 0.3) is 0 Å². The first kappa shape index (κ1) is 16.0. The van der Waals surface area contributed by atoms with Crippen LogP contribution in [0.4, 0.5) is 0 Å². The third kappa shape index (κ3) is 5.14. The molecule has 0 saturated carbocycles. The van der Waals surface area contributed by atoms with Gasteiger partial charge in [0.15, 0.2) is 5.16 Å². The van der Waals surface area contributed by atoms with Gasteiger partial charge in [-0.2, -0.15) is 0 Å². The van der Waals surface area contributed by atoms with Crippen molar-refractivity contribution in [3.8, 4) is 0 Å². The molecular formula is C17H23N3S. The third-order valence-corrected chi connectivity index (χ3v) is 4.00. The summed E-state index contributed by atoms with van der Waals surface area (Å²) in [6, 6.07) is 8.45. The molecule has 1 aromatic carbocycles. The fourth-order valence-electron chi connectivity index (χ4n) is 1.88. The summed E-state index contributed by atoms with van der Waals surface area (Å²) in [6.45, 7) is 11.5. The fraction of sp³-hybridized carbons (Fsp3) is 0.412. The predicted octanol–water partition coefficient (Wildman–Crippen LogP) is 4.13. The first-order chi connectivity index (χ1) is 9.83. The maximum atomic E-state index is 4.47. The predicted molar refractivity (Wildman–Crippen MR) is 88.7 cm³/mol. The van der Waals surface area contributed by atoms with E-state index in [1.165, 1.54) is 16.0 Å². The molecule has 3 nitrogen and oxygen atoms in total. The lowest BCUT2D eigenvalue weighted by molar-refractivity contribution is 0.422. The number of nitrogens with one attached hydrogen (secondary N) is 1. The molecule has 21 heavy (non-hydrogen) atoms. The maximum absolute atomic E-state index is 4.47. The van der Waals surface area contributed by atoms with Crippen molar-refractivity contribution in [1.82, 2.24) is 15.3 Å². The summed E-state index contributed by atoms with van der Waals surface area (Å²) in [4.78, 5) is 10.0. The Morgan fingerprint density at radius 2 is 1.90 bits per heavy atom. The molecule has 0 bridgehead atoms. The Labute approximate surface area is 131 Å². The Morgan fingerprint density at radius 1 is 1.14 bits per heavy atom. The molecule has 0 spiro atoms. The third-order valence-electron chi connectivity index (χ3n) is 3.00. The molecule has 1 N–H and O–H groups in total. The zero-order chi connectivity index (χ0) is 15.5. The van der Waals surface area contributed by atoms with E-state index in [0.29, 0.717) is 0 Å². The molecule has 1 heterocycles. The van der Waals surface area contributed by atoms with Crippen LogP contribution in [0.15, 0.2) is 40.5 Å². The second kappa shape index (κ2) is 6.58. The van der Waals surface area contributed by atoms with E-state index in [-0.39, 0.29) is 5.54 Å². The SMILES string of the molecule is Cc1ccc(Sc2nccc(C)n2)c(CNC(C)(C)C)c1. The summed E-state index contributed by atoms with van der Waals surface area (Å²) in [7, 11) is 0. The Balaban J connectivity index is 2.22. The number of aryl methyl sites for hydroxylation is 2.